The van der Waals surface area contributed by atoms with Crippen LogP contribution in [0.2, 0.25) is 0 Å². The Bertz CT molecular complexity index is 1120. The molecule has 1 aliphatic rings. The number of nitrogen functional groups attached to an aromatic ring is 1. The van der Waals surface area contributed by atoms with Gasteiger partial charge in [0.1, 0.15) is 30.0 Å². The van der Waals surface area contributed by atoms with Crippen LogP contribution in [0.1, 0.15) is 35.4 Å². The number of aromatic nitrogens is 1. The highest BCUT2D eigenvalue weighted by atomic mass is 79.9. The summed E-state index contributed by atoms with van der Waals surface area (Å²) < 4.78 is 7.04. The first kappa shape index (κ1) is 21.2. The molecule has 1 fully saturated rings. The first-order chi connectivity index (χ1) is 15.1. The number of hydrogen-bond acceptors (Lipinski definition) is 6. The predicted octanol–water partition coefficient (Wildman–Crippen LogP) is 4.72. The summed E-state index contributed by atoms with van der Waals surface area (Å²) in [7, 11) is 0. The Morgan fingerprint density at radius 2 is 2.06 bits per heavy atom. The number of aromatic hydroxyl groups is 1. The Labute approximate surface area is 189 Å². The Morgan fingerprint density at radius 1 is 1.26 bits per heavy atom. The van der Waals surface area contributed by atoms with Crippen LogP contribution in [0.5, 0.6) is 11.5 Å². The van der Waals surface area contributed by atoms with E-state index in [0.717, 1.165) is 41.5 Å². The molecule has 1 aromatic heterocycles. The molecule has 1 aliphatic heterocycles. The molecule has 3 aromatic rings. The van der Waals surface area contributed by atoms with Crippen molar-refractivity contribution < 1.29 is 9.84 Å². The number of rotatable bonds is 5. The average Bonchev–Trinajstić information content (AvgIpc) is 2.79. The van der Waals surface area contributed by atoms with Crippen molar-refractivity contribution in [3.8, 4) is 28.8 Å². The minimum atomic E-state index is 0.0534. The molecule has 0 spiro atoms. The van der Waals surface area contributed by atoms with Crippen molar-refractivity contribution in [2.24, 2.45) is 0 Å². The highest BCUT2D eigenvalue weighted by molar-refractivity contribution is 9.10. The van der Waals surface area contributed by atoms with Crippen LogP contribution in [0.15, 0.2) is 53.0 Å². The van der Waals surface area contributed by atoms with Gasteiger partial charge < -0.3 is 20.9 Å². The van der Waals surface area contributed by atoms with Gasteiger partial charge >= 0.3 is 0 Å². The van der Waals surface area contributed by atoms with Crippen LogP contribution in [0, 0.1) is 11.3 Å². The van der Waals surface area contributed by atoms with Gasteiger partial charge in [-0.3, -0.25) is 0 Å². The van der Waals surface area contributed by atoms with Gasteiger partial charge in [0.15, 0.2) is 0 Å². The standard InChI is InChI=1S/C24H23BrN4O2/c25-17-8-6-15(7-9-17)14-31-22-5-1-4-21(30)23(22)20-11-18(16-3-2-10-28-13-16)19(12-26)24(27)29-20/h1,4-9,11,16,28,30H,2-3,10,13-14H2,(H2,27,29). The minimum absolute atomic E-state index is 0.0534. The number of hydrogen-bond donors (Lipinski definition) is 3. The van der Waals surface area contributed by atoms with Crippen LogP contribution >= 0.6 is 15.9 Å². The van der Waals surface area contributed by atoms with E-state index in [1.807, 2.05) is 30.3 Å². The van der Waals surface area contributed by atoms with Gasteiger partial charge in [0.2, 0.25) is 0 Å². The van der Waals surface area contributed by atoms with E-state index in [4.69, 9.17) is 10.5 Å². The van der Waals surface area contributed by atoms with Gasteiger partial charge in [-0.05, 0) is 66.8 Å². The molecule has 158 valence electrons. The summed E-state index contributed by atoms with van der Waals surface area (Å²) in [6, 6.07) is 17.1. The smallest absolute Gasteiger partial charge is 0.142 e. The van der Waals surface area contributed by atoms with Gasteiger partial charge in [0.05, 0.1) is 16.8 Å². The number of pyridine rings is 1. The number of nitrogens with two attached hydrogens (primary N) is 1. The molecule has 4 rings (SSSR count). The lowest BCUT2D eigenvalue weighted by atomic mass is 9.88. The molecule has 0 saturated carbocycles. The number of nitriles is 1. The molecule has 2 heterocycles. The number of piperidine rings is 1. The number of nitrogens with one attached hydrogen (secondary N) is 1. The third-order valence-electron chi connectivity index (χ3n) is 5.49. The van der Waals surface area contributed by atoms with Crippen molar-refractivity contribution in [3.63, 3.8) is 0 Å². The maximum Gasteiger partial charge on any atom is 0.142 e. The summed E-state index contributed by atoms with van der Waals surface area (Å²) in [6.07, 6.45) is 2.00. The van der Waals surface area contributed by atoms with E-state index in [-0.39, 0.29) is 17.5 Å². The van der Waals surface area contributed by atoms with Gasteiger partial charge in [-0.15, -0.1) is 0 Å². The first-order valence-corrected chi connectivity index (χ1v) is 11.0. The second-order valence-electron chi connectivity index (χ2n) is 7.58. The summed E-state index contributed by atoms with van der Waals surface area (Å²) in [6.45, 7) is 2.10. The van der Waals surface area contributed by atoms with Crippen molar-refractivity contribution in [2.75, 3.05) is 18.8 Å². The van der Waals surface area contributed by atoms with E-state index in [2.05, 4.69) is 32.3 Å². The number of halogens is 1. The normalized spacial score (nSPS) is 15.9. The molecule has 7 heteroatoms. The van der Waals surface area contributed by atoms with Crippen LogP contribution in [0.3, 0.4) is 0 Å². The highest BCUT2D eigenvalue weighted by Gasteiger charge is 2.23. The fraction of sp³-hybridized carbons (Fsp3) is 0.250. The number of phenolic OH excluding ortho intramolecular Hbond substituents is 1. The van der Waals surface area contributed by atoms with Crippen LogP contribution in [-0.2, 0) is 6.61 Å². The zero-order valence-electron chi connectivity index (χ0n) is 16.9. The first-order valence-electron chi connectivity index (χ1n) is 10.2. The molecule has 0 amide bonds. The lowest BCUT2D eigenvalue weighted by Crippen LogP contribution is -2.29. The van der Waals surface area contributed by atoms with E-state index < -0.39 is 0 Å². The molecule has 1 atom stereocenters. The third kappa shape index (κ3) is 4.66. The van der Waals surface area contributed by atoms with Crippen LogP contribution < -0.4 is 15.8 Å². The number of anilines is 1. The number of nitrogens with zero attached hydrogens (tertiary/aromatic N) is 2. The summed E-state index contributed by atoms with van der Waals surface area (Å²) >= 11 is 3.43. The molecule has 1 unspecified atom stereocenters. The molecule has 1 saturated heterocycles. The second kappa shape index (κ2) is 9.38. The van der Waals surface area contributed by atoms with Crippen molar-refractivity contribution >= 4 is 21.7 Å². The minimum Gasteiger partial charge on any atom is -0.507 e. The van der Waals surface area contributed by atoms with Crippen molar-refractivity contribution in [1.82, 2.24) is 10.3 Å². The summed E-state index contributed by atoms with van der Waals surface area (Å²) in [5.41, 5.74) is 9.42. The summed E-state index contributed by atoms with van der Waals surface area (Å²) in [5.74, 6) is 0.901. The van der Waals surface area contributed by atoms with E-state index in [9.17, 15) is 10.4 Å². The SMILES string of the molecule is N#Cc1c(C2CCCNC2)cc(-c2c(O)cccc2OCc2ccc(Br)cc2)nc1N. The molecule has 0 radical (unpaired) electrons. The number of benzene rings is 2. The fourth-order valence-corrected chi connectivity index (χ4v) is 4.18. The summed E-state index contributed by atoms with van der Waals surface area (Å²) in [5, 5.41) is 23.7. The molecule has 6 nitrogen and oxygen atoms in total. The monoisotopic (exact) mass is 478 g/mol. The van der Waals surface area contributed by atoms with Gasteiger partial charge in [-0.25, -0.2) is 4.98 Å². The third-order valence-corrected chi connectivity index (χ3v) is 6.02. The molecule has 31 heavy (non-hydrogen) atoms. The molecule has 0 aliphatic carbocycles. The fourth-order valence-electron chi connectivity index (χ4n) is 3.91. The Balaban J connectivity index is 1.72. The topological polar surface area (TPSA) is 104 Å². The Hall–Kier alpha value is -3.08. The van der Waals surface area contributed by atoms with E-state index >= 15 is 0 Å². The molecule has 4 N–H and O–H groups in total. The van der Waals surface area contributed by atoms with E-state index in [1.54, 1.807) is 18.2 Å². The van der Waals surface area contributed by atoms with Crippen LogP contribution in [-0.4, -0.2) is 23.2 Å². The molecular formula is C24H23BrN4O2. The lowest BCUT2D eigenvalue weighted by molar-refractivity contribution is 0.306. The quantitative estimate of drug-likeness (QED) is 0.490. The number of phenols is 1. The maximum atomic E-state index is 10.7. The van der Waals surface area contributed by atoms with Crippen molar-refractivity contribution in [1.29, 1.82) is 5.26 Å². The zero-order chi connectivity index (χ0) is 21.8. The Morgan fingerprint density at radius 3 is 2.77 bits per heavy atom. The second-order valence-corrected chi connectivity index (χ2v) is 8.49. The zero-order valence-corrected chi connectivity index (χ0v) is 18.5. The number of ether oxygens (including phenoxy) is 1. The lowest BCUT2D eigenvalue weighted by Gasteiger charge is -2.25. The van der Waals surface area contributed by atoms with Gasteiger partial charge in [-0.2, -0.15) is 5.26 Å². The Kier molecular flexibility index (Phi) is 6.40. The predicted molar refractivity (Wildman–Crippen MR) is 124 cm³/mol. The highest BCUT2D eigenvalue weighted by Crippen LogP contribution is 2.40. The maximum absolute atomic E-state index is 10.7. The molecular weight excluding hydrogens is 456 g/mol. The van der Waals surface area contributed by atoms with E-state index in [1.165, 1.54) is 0 Å². The largest absolute Gasteiger partial charge is 0.507 e. The van der Waals surface area contributed by atoms with E-state index in [0.29, 0.717) is 29.2 Å². The molecule has 0 bridgehead atoms. The molecule has 2 aromatic carbocycles. The average molecular weight is 479 g/mol. The van der Waals surface area contributed by atoms with Gasteiger partial charge in [0, 0.05) is 11.0 Å². The van der Waals surface area contributed by atoms with Gasteiger partial charge in [-0.1, -0.05) is 34.1 Å². The van der Waals surface area contributed by atoms with Crippen molar-refractivity contribution in [2.45, 2.75) is 25.4 Å². The van der Waals surface area contributed by atoms with Crippen LogP contribution in [0.4, 0.5) is 5.82 Å². The van der Waals surface area contributed by atoms with Crippen molar-refractivity contribution in [3.05, 3.63) is 69.7 Å². The van der Waals surface area contributed by atoms with Crippen LogP contribution in [0.25, 0.3) is 11.3 Å². The van der Waals surface area contributed by atoms with Gasteiger partial charge in [0.25, 0.3) is 0 Å². The summed E-state index contributed by atoms with van der Waals surface area (Å²) in [4.78, 5) is 4.45.